The van der Waals surface area contributed by atoms with Crippen LogP contribution >= 0.6 is 15.9 Å². The highest BCUT2D eigenvalue weighted by molar-refractivity contribution is 9.10. The Balaban J connectivity index is 2.04. The van der Waals surface area contributed by atoms with Crippen LogP contribution in [0.3, 0.4) is 0 Å². The molecule has 0 amide bonds. The molecule has 1 aliphatic rings. The zero-order valence-electron chi connectivity index (χ0n) is 12.8. The quantitative estimate of drug-likeness (QED) is 0.890. The monoisotopic (exact) mass is 339 g/mol. The summed E-state index contributed by atoms with van der Waals surface area (Å²) in [5, 5.41) is 3.68. The van der Waals surface area contributed by atoms with Crippen molar-refractivity contribution < 1.29 is 0 Å². The van der Waals surface area contributed by atoms with Gasteiger partial charge in [-0.25, -0.2) is 0 Å². The number of piperazine rings is 1. The van der Waals surface area contributed by atoms with Crippen molar-refractivity contribution in [2.75, 3.05) is 13.1 Å². The first kappa shape index (κ1) is 15.9. The molecule has 2 rings (SSSR count). The molecule has 0 aromatic carbocycles. The number of aromatic nitrogens is 1. The summed E-state index contributed by atoms with van der Waals surface area (Å²) in [5.74, 6) is 0.736. The lowest BCUT2D eigenvalue weighted by Gasteiger charge is -2.41. The van der Waals surface area contributed by atoms with E-state index >= 15 is 0 Å². The lowest BCUT2D eigenvalue weighted by atomic mass is 9.98. The van der Waals surface area contributed by atoms with Crippen molar-refractivity contribution in [1.82, 2.24) is 15.2 Å². The van der Waals surface area contributed by atoms with Crippen LogP contribution in [0.1, 0.15) is 39.3 Å². The van der Waals surface area contributed by atoms with Gasteiger partial charge in [0, 0.05) is 42.4 Å². The van der Waals surface area contributed by atoms with Gasteiger partial charge in [-0.2, -0.15) is 0 Å². The number of halogens is 1. The summed E-state index contributed by atoms with van der Waals surface area (Å²) in [7, 11) is 0. The molecule has 1 saturated heterocycles. The second kappa shape index (κ2) is 7.53. The molecule has 1 aromatic rings. The van der Waals surface area contributed by atoms with E-state index < -0.39 is 0 Å². The smallest absolute Gasteiger partial charge is 0.0544 e. The van der Waals surface area contributed by atoms with Crippen LogP contribution in [0.15, 0.2) is 22.8 Å². The minimum absolute atomic E-state index is 0.619. The van der Waals surface area contributed by atoms with Gasteiger partial charge < -0.3 is 5.32 Å². The van der Waals surface area contributed by atoms with Gasteiger partial charge in [0.1, 0.15) is 0 Å². The topological polar surface area (TPSA) is 28.2 Å². The Bertz CT molecular complexity index is 405. The van der Waals surface area contributed by atoms with E-state index in [1.165, 1.54) is 18.5 Å². The first-order valence-corrected chi connectivity index (χ1v) is 8.45. The van der Waals surface area contributed by atoms with Crippen molar-refractivity contribution >= 4 is 15.9 Å². The van der Waals surface area contributed by atoms with E-state index in [4.69, 9.17) is 0 Å². The molecule has 112 valence electrons. The summed E-state index contributed by atoms with van der Waals surface area (Å²) in [6.07, 6.45) is 4.34. The fraction of sp³-hybridized carbons (Fsp3) is 0.688. The van der Waals surface area contributed by atoms with Crippen LogP contribution in [0.5, 0.6) is 0 Å². The third kappa shape index (κ3) is 4.54. The van der Waals surface area contributed by atoms with E-state index in [9.17, 15) is 0 Å². The van der Waals surface area contributed by atoms with Crippen LogP contribution in [0, 0.1) is 5.92 Å². The van der Waals surface area contributed by atoms with Crippen LogP contribution < -0.4 is 5.32 Å². The fourth-order valence-corrected chi connectivity index (χ4v) is 3.11. The molecule has 0 saturated carbocycles. The summed E-state index contributed by atoms with van der Waals surface area (Å²) in [4.78, 5) is 7.14. The molecular weight excluding hydrogens is 314 g/mol. The van der Waals surface area contributed by atoms with Crippen LogP contribution in [0.4, 0.5) is 0 Å². The number of pyridine rings is 1. The Labute approximate surface area is 131 Å². The van der Waals surface area contributed by atoms with Crippen molar-refractivity contribution in [3.05, 3.63) is 28.5 Å². The van der Waals surface area contributed by atoms with Gasteiger partial charge in [-0.15, -0.1) is 0 Å². The Hall–Kier alpha value is -0.450. The SMILES string of the molecule is CCC1CN(Cc2ccc(Br)cn2)C(CC(C)C)CN1. The highest BCUT2D eigenvalue weighted by Crippen LogP contribution is 2.19. The third-order valence-corrected chi connectivity index (χ3v) is 4.47. The number of rotatable bonds is 5. The minimum atomic E-state index is 0.619. The maximum atomic E-state index is 4.53. The largest absolute Gasteiger partial charge is 0.311 e. The molecule has 1 N–H and O–H groups in total. The molecule has 0 spiro atoms. The summed E-state index contributed by atoms with van der Waals surface area (Å²) < 4.78 is 1.05. The van der Waals surface area contributed by atoms with E-state index in [1.54, 1.807) is 0 Å². The Morgan fingerprint density at radius 2 is 2.25 bits per heavy atom. The van der Waals surface area contributed by atoms with Gasteiger partial charge in [-0.05, 0) is 46.8 Å². The normalized spacial score (nSPS) is 24.2. The number of hydrogen-bond acceptors (Lipinski definition) is 3. The Morgan fingerprint density at radius 3 is 2.85 bits per heavy atom. The summed E-state index contributed by atoms with van der Waals surface area (Å²) in [5.41, 5.74) is 1.17. The summed E-state index contributed by atoms with van der Waals surface area (Å²) >= 11 is 3.45. The van der Waals surface area contributed by atoms with Crippen molar-refractivity contribution in [3.8, 4) is 0 Å². The molecule has 0 aliphatic carbocycles. The van der Waals surface area contributed by atoms with Crippen LogP contribution in [0.2, 0.25) is 0 Å². The van der Waals surface area contributed by atoms with Gasteiger partial charge >= 0.3 is 0 Å². The molecule has 2 atom stereocenters. The highest BCUT2D eigenvalue weighted by Gasteiger charge is 2.27. The summed E-state index contributed by atoms with van der Waals surface area (Å²) in [6.45, 7) is 10.1. The molecule has 2 unspecified atom stereocenters. The molecule has 1 aromatic heterocycles. The Morgan fingerprint density at radius 1 is 1.45 bits per heavy atom. The van der Waals surface area contributed by atoms with Crippen LogP contribution in [-0.4, -0.2) is 35.1 Å². The van der Waals surface area contributed by atoms with Gasteiger partial charge in [0.15, 0.2) is 0 Å². The molecule has 20 heavy (non-hydrogen) atoms. The van der Waals surface area contributed by atoms with Crippen molar-refractivity contribution in [1.29, 1.82) is 0 Å². The lowest BCUT2D eigenvalue weighted by Crippen LogP contribution is -2.56. The first-order valence-electron chi connectivity index (χ1n) is 7.66. The fourth-order valence-electron chi connectivity index (χ4n) is 2.88. The highest BCUT2D eigenvalue weighted by atomic mass is 79.9. The van der Waals surface area contributed by atoms with E-state index in [0.717, 1.165) is 30.0 Å². The zero-order chi connectivity index (χ0) is 14.5. The molecular formula is C16H26BrN3. The Kier molecular flexibility index (Phi) is 6.00. The number of nitrogens with one attached hydrogen (secondary N) is 1. The summed E-state index contributed by atoms with van der Waals surface area (Å²) in [6, 6.07) is 5.45. The predicted octanol–water partition coefficient (Wildman–Crippen LogP) is 3.44. The molecule has 0 radical (unpaired) electrons. The minimum Gasteiger partial charge on any atom is -0.311 e. The van der Waals surface area contributed by atoms with Gasteiger partial charge in [0.2, 0.25) is 0 Å². The van der Waals surface area contributed by atoms with E-state index in [2.05, 4.69) is 64.0 Å². The van der Waals surface area contributed by atoms with Gasteiger partial charge in [0.05, 0.1) is 5.69 Å². The van der Waals surface area contributed by atoms with Crippen molar-refractivity contribution in [2.45, 2.75) is 52.2 Å². The van der Waals surface area contributed by atoms with Crippen LogP contribution in [-0.2, 0) is 6.54 Å². The first-order chi connectivity index (χ1) is 9.58. The maximum absolute atomic E-state index is 4.53. The number of nitrogens with zero attached hydrogens (tertiary/aromatic N) is 2. The predicted molar refractivity (Wildman–Crippen MR) is 87.7 cm³/mol. The van der Waals surface area contributed by atoms with Gasteiger partial charge in [-0.3, -0.25) is 9.88 Å². The average Bonchev–Trinajstić information content (AvgIpc) is 2.42. The standard InChI is InChI=1S/C16H26BrN3/c1-4-14-10-20(16(9-19-14)7-12(2)3)11-15-6-5-13(17)8-18-15/h5-6,8,12,14,16,19H,4,7,9-11H2,1-3H3. The van der Waals surface area contributed by atoms with Gasteiger partial charge in [0.25, 0.3) is 0 Å². The van der Waals surface area contributed by atoms with Crippen molar-refractivity contribution in [3.63, 3.8) is 0 Å². The van der Waals surface area contributed by atoms with Crippen molar-refractivity contribution in [2.24, 2.45) is 5.92 Å². The second-order valence-corrected chi connectivity index (χ2v) is 7.11. The molecule has 1 fully saturated rings. The molecule has 1 aliphatic heterocycles. The molecule has 0 bridgehead atoms. The van der Waals surface area contributed by atoms with E-state index in [-0.39, 0.29) is 0 Å². The number of hydrogen-bond donors (Lipinski definition) is 1. The van der Waals surface area contributed by atoms with E-state index in [1.807, 2.05) is 6.20 Å². The second-order valence-electron chi connectivity index (χ2n) is 6.19. The molecule has 3 nitrogen and oxygen atoms in total. The molecule has 4 heteroatoms. The molecule has 2 heterocycles. The van der Waals surface area contributed by atoms with E-state index in [0.29, 0.717) is 12.1 Å². The third-order valence-electron chi connectivity index (χ3n) is 4.00. The van der Waals surface area contributed by atoms with Gasteiger partial charge in [-0.1, -0.05) is 20.8 Å². The zero-order valence-corrected chi connectivity index (χ0v) is 14.4. The maximum Gasteiger partial charge on any atom is 0.0544 e. The average molecular weight is 340 g/mol. The lowest BCUT2D eigenvalue weighted by molar-refractivity contribution is 0.104. The van der Waals surface area contributed by atoms with Crippen LogP contribution in [0.25, 0.3) is 0 Å².